The maximum absolute atomic E-state index is 12.6. The van der Waals surface area contributed by atoms with Gasteiger partial charge in [-0.15, -0.1) is 11.3 Å². The van der Waals surface area contributed by atoms with E-state index in [1.807, 2.05) is 37.7 Å². The molecule has 1 aliphatic carbocycles. The number of amides is 1. The highest BCUT2D eigenvalue weighted by atomic mass is 32.1. The van der Waals surface area contributed by atoms with Crippen LogP contribution in [0.4, 0.5) is 0 Å². The standard InChI is InChI=1S/C18H19N3O2S/c1-11-16(24-10-19-11)7-8-21(2)18(22)13-5-6-14-15(9-13)23-17(20-14)12-3-4-12/h5-6,9-10,12H,3-4,7-8H2,1-2H3. The van der Waals surface area contributed by atoms with Crippen molar-refractivity contribution < 1.29 is 9.21 Å². The first-order valence-corrected chi connectivity index (χ1v) is 9.04. The largest absolute Gasteiger partial charge is 0.440 e. The van der Waals surface area contributed by atoms with Gasteiger partial charge in [0.05, 0.1) is 11.2 Å². The minimum atomic E-state index is 0.00319. The number of nitrogens with zero attached hydrogens (tertiary/aromatic N) is 3. The van der Waals surface area contributed by atoms with E-state index in [0.717, 1.165) is 36.4 Å². The van der Waals surface area contributed by atoms with Gasteiger partial charge in [-0.05, 0) is 38.0 Å². The van der Waals surface area contributed by atoms with Gasteiger partial charge in [-0.25, -0.2) is 9.97 Å². The van der Waals surface area contributed by atoms with Crippen LogP contribution in [0.15, 0.2) is 28.1 Å². The van der Waals surface area contributed by atoms with Crippen molar-refractivity contribution in [1.82, 2.24) is 14.9 Å². The number of likely N-dealkylation sites (N-methyl/N-ethyl adjacent to an activating group) is 1. The molecule has 1 saturated carbocycles. The van der Waals surface area contributed by atoms with Crippen molar-refractivity contribution >= 4 is 28.3 Å². The number of oxazole rings is 1. The lowest BCUT2D eigenvalue weighted by Gasteiger charge is -2.16. The summed E-state index contributed by atoms with van der Waals surface area (Å²) in [5.74, 6) is 1.29. The molecule has 4 rings (SSSR count). The second kappa shape index (κ2) is 6.02. The third-order valence-electron chi connectivity index (χ3n) is 4.44. The Hall–Kier alpha value is -2.21. The Kier molecular flexibility index (Phi) is 3.84. The highest BCUT2D eigenvalue weighted by molar-refractivity contribution is 7.09. The van der Waals surface area contributed by atoms with Crippen molar-refractivity contribution in [1.29, 1.82) is 0 Å². The molecule has 1 amide bonds. The van der Waals surface area contributed by atoms with Gasteiger partial charge in [0.1, 0.15) is 5.52 Å². The molecule has 0 aliphatic heterocycles. The molecule has 124 valence electrons. The van der Waals surface area contributed by atoms with Gasteiger partial charge < -0.3 is 9.32 Å². The molecular weight excluding hydrogens is 322 g/mol. The fraction of sp³-hybridized carbons (Fsp3) is 0.389. The number of carbonyl (C=O) groups is 1. The van der Waals surface area contributed by atoms with Crippen LogP contribution in [0.2, 0.25) is 0 Å². The summed E-state index contributed by atoms with van der Waals surface area (Å²) in [7, 11) is 1.83. The van der Waals surface area contributed by atoms with Gasteiger partial charge in [0.2, 0.25) is 0 Å². The minimum Gasteiger partial charge on any atom is -0.440 e. The summed E-state index contributed by atoms with van der Waals surface area (Å²) >= 11 is 1.64. The Bertz CT molecular complexity index is 895. The maximum Gasteiger partial charge on any atom is 0.253 e. The summed E-state index contributed by atoms with van der Waals surface area (Å²) in [4.78, 5) is 24.4. The van der Waals surface area contributed by atoms with Crippen LogP contribution in [0, 0.1) is 6.92 Å². The van der Waals surface area contributed by atoms with E-state index in [9.17, 15) is 4.79 Å². The highest BCUT2D eigenvalue weighted by Gasteiger charge is 2.29. The van der Waals surface area contributed by atoms with E-state index in [1.54, 1.807) is 16.2 Å². The van der Waals surface area contributed by atoms with Gasteiger partial charge in [0.25, 0.3) is 5.91 Å². The monoisotopic (exact) mass is 341 g/mol. The lowest BCUT2D eigenvalue weighted by molar-refractivity contribution is 0.0797. The number of aromatic nitrogens is 2. The van der Waals surface area contributed by atoms with Crippen molar-refractivity contribution in [3.8, 4) is 0 Å². The van der Waals surface area contributed by atoms with Crippen LogP contribution in [0.1, 0.15) is 45.6 Å². The number of hydrogen-bond acceptors (Lipinski definition) is 5. The fourth-order valence-electron chi connectivity index (χ4n) is 2.74. The van der Waals surface area contributed by atoms with E-state index in [2.05, 4.69) is 9.97 Å². The zero-order valence-electron chi connectivity index (χ0n) is 13.8. The van der Waals surface area contributed by atoms with E-state index in [-0.39, 0.29) is 5.91 Å². The number of carbonyl (C=O) groups excluding carboxylic acids is 1. The molecule has 6 heteroatoms. The fourth-order valence-corrected chi connectivity index (χ4v) is 3.51. The lowest BCUT2D eigenvalue weighted by Crippen LogP contribution is -2.28. The number of aryl methyl sites for hydroxylation is 1. The van der Waals surface area contributed by atoms with Crippen molar-refractivity contribution in [3.05, 3.63) is 45.7 Å². The minimum absolute atomic E-state index is 0.00319. The molecule has 24 heavy (non-hydrogen) atoms. The summed E-state index contributed by atoms with van der Waals surface area (Å²) in [6.45, 7) is 2.67. The Morgan fingerprint density at radius 3 is 2.96 bits per heavy atom. The zero-order valence-corrected chi connectivity index (χ0v) is 14.6. The molecule has 0 atom stereocenters. The predicted molar refractivity (Wildman–Crippen MR) is 93.5 cm³/mol. The van der Waals surface area contributed by atoms with Gasteiger partial charge >= 0.3 is 0 Å². The quantitative estimate of drug-likeness (QED) is 0.708. The van der Waals surface area contributed by atoms with Gasteiger partial charge in [-0.1, -0.05) is 0 Å². The maximum atomic E-state index is 12.6. The van der Waals surface area contributed by atoms with Crippen LogP contribution in [0.25, 0.3) is 11.1 Å². The lowest BCUT2D eigenvalue weighted by atomic mass is 10.2. The van der Waals surface area contributed by atoms with Crippen LogP contribution in [-0.4, -0.2) is 34.4 Å². The zero-order chi connectivity index (χ0) is 16.7. The molecule has 0 spiro atoms. The van der Waals surface area contributed by atoms with Crippen LogP contribution in [0.5, 0.6) is 0 Å². The van der Waals surface area contributed by atoms with Crippen LogP contribution >= 0.6 is 11.3 Å². The summed E-state index contributed by atoms with van der Waals surface area (Å²) in [5.41, 5.74) is 5.08. The van der Waals surface area contributed by atoms with Gasteiger partial charge in [-0.3, -0.25) is 4.79 Å². The molecule has 0 bridgehead atoms. The molecule has 5 nitrogen and oxygen atoms in total. The molecule has 0 radical (unpaired) electrons. The molecule has 0 saturated heterocycles. The first kappa shape index (κ1) is 15.3. The topological polar surface area (TPSA) is 59.2 Å². The summed E-state index contributed by atoms with van der Waals surface area (Å²) in [6, 6.07) is 5.52. The summed E-state index contributed by atoms with van der Waals surface area (Å²) < 4.78 is 5.81. The number of benzene rings is 1. The Morgan fingerprint density at radius 2 is 2.25 bits per heavy atom. The van der Waals surface area contributed by atoms with Crippen molar-refractivity contribution in [2.24, 2.45) is 0 Å². The van der Waals surface area contributed by atoms with E-state index < -0.39 is 0 Å². The number of fused-ring (bicyclic) bond motifs is 1. The first-order chi connectivity index (χ1) is 11.6. The van der Waals surface area contributed by atoms with E-state index in [0.29, 0.717) is 23.6 Å². The van der Waals surface area contributed by atoms with Gasteiger partial charge in [-0.2, -0.15) is 0 Å². The predicted octanol–water partition coefficient (Wildman–Crippen LogP) is 3.78. The molecule has 0 unspecified atom stereocenters. The van der Waals surface area contributed by atoms with Crippen molar-refractivity contribution in [3.63, 3.8) is 0 Å². The Morgan fingerprint density at radius 1 is 1.42 bits per heavy atom. The summed E-state index contributed by atoms with van der Waals surface area (Å²) in [6.07, 6.45) is 3.13. The number of hydrogen-bond donors (Lipinski definition) is 0. The van der Waals surface area contributed by atoms with E-state index in [4.69, 9.17) is 4.42 Å². The average Bonchev–Trinajstić information content (AvgIpc) is 3.22. The molecule has 3 aromatic rings. The Balaban J connectivity index is 1.48. The van der Waals surface area contributed by atoms with Gasteiger partial charge in [0.15, 0.2) is 11.5 Å². The SMILES string of the molecule is Cc1ncsc1CCN(C)C(=O)c1ccc2nc(C3CC3)oc2c1. The number of thiazole rings is 1. The Labute approximate surface area is 144 Å². The smallest absolute Gasteiger partial charge is 0.253 e. The summed E-state index contributed by atoms with van der Waals surface area (Å²) in [5, 5.41) is 0. The normalized spacial score (nSPS) is 14.2. The molecule has 0 N–H and O–H groups in total. The average molecular weight is 341 g/mol. The molecule has 1 fully saturated rings. The molecule has 2 heterocycles. The third kappa shape index (κ3) is 2.94. The van der Waals surface area contributed by atoms with Crippen LogP contribution in [-0.2, 0) is 6.42 Å². The third-order valence-corrected chi connectivity index (χ3v) is 5.44. The van der Waals surface area contributed by atoms with E-state index >= 15 is 0 Å². The first-order valence-electron chi connectivity index (χ1n) is 8.17. The van der Waals surface area contributed by atoms with Crippen LogP contribution < -0.4 is 0 Å². The van der Waals surface area contributed by atoms with E-state index in [1.165, 1.54) is 4.88 Å². The number of rotatable bonds is 5. The molecular formula is C18H19N3O2S. The second-order valence-electron chi connectivity index (χ2n) is 6.35. The molecule has 1 aromatic carbocycles. The molecule has 2 aromatic heterocycles. The molecule has 1 aliphatic rings. The van der Waals surface area contributed by atoms with Crippen molar-refractivity contribution in [2.45, 2.75) is 32.1 Å². The van der Waals surface area contributed by atoms with Crippen molar-refractivity contribution in [2.75, 3.05) is 13.6 Å². The highest BCUT2D eigenvalue weighted by Crippen LogP contribution is 2.40. The van der Waals surface area contributed by atoms with Gasteiger partial charge in [0, 0.05) is 36.4 Å². The van der Waals surface area contributed by atoms with Crippen LogP contribution in [0.3, 0.4) is 0 Å². The second-order valence-corrected chi connectivity index (χ2v) is 7.29.